The van der Waals surface area contributed by atoms with E-state index in [0.29, 0.717) is 12.0 Å². The van der Waals surface area contributed by atoms with E-state index < -0.39 is 0 Å². The van der Waals surface area contributed by atoms with Crippen molar-refractivity contribution < 1.29 is 4.74 Å². The number of nitrogens with one attached hydrogen (secondary N) is 1. The van der Waals surface area contributed by atoms with E-state index in [1.54, 1.807) is 7.11 Å². The first kappa shape index (κ1) is 15.5. The second-order valence-corrected chi connectivity index (χ2v) is 5.58. The Morgan fingerprint density at radius 2 is 2.06 bits per heavy atom. The van der Waals surface area contributed by atoms with Crippen molar-refractivity contribution in [2.75, 3.05) is 13.7 Å². The molecule has 2 atom stereocenters. The molecule has 0 saturated heterocycles. The SMILES string of the molecule is CCNC(Cc1ccc(OC)c(Br)c1)C(C)CC. The summed E-state index contributed by atoms with van der Waals surface area (Å²) < 4.78 is 6.29. The van der Waals surface area contributed by atoms with Crippen LogP contribution in [0.3, 0.4) is 0 Å². The van der Waals surface area contributed by atoms with Gasteiger partial charge in [0, 0.05) is 6.04 Å². The van der Waals surface area contributed by atoms with Crippen LogP contribution in [0, 0.1) is 5.92 Å². The molecule has 0 heterocycles. The normalized spacial score (nSPS) is 14.3. The molecule has 1 aromatic rings. The van der Waals surface area contributed by atoms with Crippen LogP contribution in [0.5, 0.6) is 5.75 Å². The summed E-state index contributed by atoms with van der Waals surface area (Å²) in [6, 6.07) is 6.88. The molecule has 2 unspecified atom stereocenters. The molecule has 0 aromatic heterocycles. The Bertz CT molecular complexity index is 368. The van der Waals surface area contributed by atoms with Gasteiger partial charge in [-0.2, -0.15) is 0 Å². The number of halogens is 1. The van der Waals surface area contributed by atoms with Crippen LogP contribution in [0.1, 0.15) is 32.8 Å². The zero-order chi connectivity index (χ0) is 13.5. The van der Waals surface area contributed by atoms with E-state index in [1.807, 2.05) is 6.07 Å². The van der Waals surface area contributed by atoms with Crippen molar-refractivity contribution in [2.45, 2.75) is 39.7 Å². The van der Waals surface area contributed by atoms with Gasteiger partial charge in [0.25, 0.3) is 0 Å². The Morgan fingerprint density at radius 1 is 1.33 bits per heavy atom. The van der Waals surface area contributed by atoms with Gasteiger partial charge < -0.3 is 10.1 Å². The average molecular weight is 314 g/mol. The maximum absolute atomic E-state index is 5.26. The third-order valence-corrected chi connectivity index (χ3v) is 4.09. The number of hydrogen-bond acceptors (Lipinski definition) is 2. The van der Waals surface area contributed by atoms with Gasteiger partial charge in [-0.25, -0.2) is 0 Å². The Morgan fingerprint density at radius 3 is 2.56 bits per heavy atom. The minimum Gasteiger partial charge on any atom is -0.496 e. The lowest BCUT2D eigenvalue weighted by Crippen LogP contribution is -2.36. The van der Waals surface area contributed by atoms with Crippen LogP contribution in [0.15, 0.2) is 22.7 Å². The minimum absolute atomic E-state index is 0.542. The zero-order valence-electron chi connectivity index (χ0n) is 11.8. The Balaban J connectivity index is 2.77. The quantitative estimate of drug-likeness (QED) is 0.820. The van der Waals surface area contributed by atoms with Gasteiger partial charge in [-0.1, -0.05) is 33.3 Å². The molecule has 0 bridgehead atoms. The largest absolute Gasteiger partial charge is 0.496 e. The molecule has 0 amide bonds. The number of hydrogen-bond donors (Lipinski definition) is 1. The van der Waals surface area contributed by atoms with Gasteiger partial charge in [0.05, 0.1) is 11.6 Å². The monoisotopic (exact) mass is 313 g/mol. The van der Waals surface area contributed by atoms with Gasteiger partial charge in [-0.15, -0.1) is 0 Å². The Hall–Kier alpha value is -0.540. The molecule has 1 aromatic carbocycles. The topological polar surface area (TPSA) is 21.3 Å². The van der Waals surface area contributed by atoms with Crippen LogP contribution in [-0.2, 0) is 6.42 Å². The Labute approximate surface area is 119 Å². The molecular formula is C15H24BrNO. The molecule has 0 fully saturated rings. The van der Waals surface area contributed by atoms with Crippen LogP contribution in [-0.4, -0.2) is 19.7 Å². The first-order valence-electron chi connectivity index (χ1n) is 6.68. The van der Waals surface area contributed by atoms with Crippen molar-refractivity contribution in [1.29, 1.82) is 0 Å². The van der Waals surface area contributed by atoms with Crippen molar-refractivity contribution in [3.63, 3.8) is 0 Å². The molecule has 0 aliphatic carbocycles. The van der Waals surface area contributed by atoms with Gasteiger partial charge in [0.2, 0.25) is 0 Å². The van der Waals surface area contributed by atoms with Crippen LogP contribution in [0.2, 0.25) is 0 Å². The molecule has 2 nitrogen and oxygen atoms in total. The molecular weight excluding hydrogens is 290 g/mol. The van der Waals surface area contributed by atoms with E-state index in [2.05, 4.69) is 54.2 Å². The van der Waals surface area contributed by atoms with E-state index in [9.17, 15) is 0 Å². The first-order valence-corrected chi connectivity index (χ1v) is 7.47. The van der Waals surface area contributed by atoms with Gasteiger partial charge in [0.15, 0.2) is 0 Å². The lowest BCUT2D eigenvalue weighted by atomic mass is 9.93. The van der Waals surface area contributed by atoms with Crippen molar-refractivity contribution in [1.82, 2.24) is 5.32 Å². The highest BCUT2D eigenvalue weighted by molar-refractivity contribution is 9.10. The van der Waals surface area contributed by atoms with E-state index in [1.165, 1.54) is 12.0 Å². The predicted octanol–water partition coefficient (Wildman–Crippen LogP) is 4.02. The summed E-state index contributed by atoms with van der Waals surface area (Å²) in [6.45, 7) is 7.75. The van der Waals surface area contributed by atoms with Crippen molar-refractivity contribution >= 4 is 15.9 Å². The fourth-order valence-electron chi connectivity index (χ4n) is 2.11. The molecule has 0 radical (unpaired) electrons. The summed E-state index contributed by atoms with van der Waals surface area (Å²) in [5.41, 5.74) is 1.34. The van der Waals surface area contributed by atoms with E-state index in [0.717, 1.165) is 23.2 Å². The molecule has 0 aliphatic rings. The summed E-state index contributed by atoms with van der Waals surface area (Å²) in [7, 11) is 1.69. The van der Waals surface area contributed by atoms with Crippen molar-refractivity contribution in [3.8, 4) is 5.75 Å². The smallest absolute Gasteiger partial charge is 0.133 e. The summed E-state index contributed by atoms with van der Waals surface area (Å²) in [6.07, 6.45) is 2.26. The standard InChI is InChI=1S/C15H24BrNO/c1-5-11(3)14(17-6-2)10-12-7-8-15(18-4)13(16)9-12/h7-9,11,14,17H,5-6,10H2,1-4H3. The van der Waals surface area contributed by atoms with Crippen molar-refractivity contribution in [3.05, 3.63) is 28.2 Å². The van der Waals surface area contributed by atoms with Crippen LogP contribution in [0.4, 0.5) is 0 Å². The average Bonchev–Trinajstić information content (AvgIpc) is 2.37. The van der Waals surface area contributed by atoms with E-state index >= 15 is 0 Å². The molecule has 0 spiro atoms. The summed E-state index contributed by atoms with van der Waals surface area (Å²) in [4.78, 5) is 0. The third kappa shape index (κ3) is 4.29. The number of likely N-dealkylation sites (N-methyl/N-ethyl adjacent to an activating group) is 1. The molecule has 102 valence electrons. The van der Waals surface area contributed by atoms with Crippen molar-refractivity contribution in [2.24, 2.45) is 5.92 Å². The van der Waals surface area contributed by atoms with Crippen LogP contribution in [0.25, 0.3) is 0 Å². The predicted molar refractivity (Wildman–Crippen MR) is 81.3 cm³/mol. The number of methoxy groups -OCH3 is 1. The van der Waals surface area contributed by atoms with Crippen LogP contribution >= 0.6 is 15.9 Å². The molecule has 0 saturated carbocycles. The highest BCUT2D eigenvalue weighted by Crippen LogP contribution is 2.26. The second kappa shape index (κ2) is 7.80. The number of rotatable bonds is 7. The number of benzene rings is 1. The maximum Gasteiger partial charge on any atom is 0.133 e. The highest BCUT2D eigenvalue weighted by atomic mass is 79.9. The van der Waals surface area contributed by atoms with Gasteiger partial charge in [-0.3, -0.25) is 0 Å². The number of ether oxygens (including phenoxy) is 1. The fraction of sp³-hybridized carbons (Fsp3) is 0.600. The fourth-order valence-corrected chi connectivity index (χ4v) is 2.70. The molecule has 0 aliphatic heterocycles. The molecule has 1 rings (SSSR count). The summed E-state index contributed by atoms with van der Waals surface area (Å²) in [5, 5.41) is 3.58. The second-order valence-electron chi connectivity index (χ2n) is 4.72. The summed E-state index contributed by atoms with van der Waals surface area (Å²) in [5.74, 6) is 1.58. The third-order valence-electron chi connectivity index (χ3n) is 3.47. The van der Waals surface area contributed by atoms with Gasteiger partial charge >= 0.3 is 0 Å². The van der Waals surface area contributed by atoms with Gasteiger partial charge in [-0.05, 0) is 52.5 Å². The zero-order valence-corrected chi connectivity index (χ0v) is 13.4. The molecule has 1 N–H and O–H groups in total. The lowest BCUT2D eigenvalue weighted by Gasteiger charge is -2.24. The highest BCUT2D eigenvalue weighted by Gasteiger charge is 2.15. The first-order chi connectivity index (χ1) is 8.62. The van der Waals surface area contributed by atoms with Crippen LogP contribution < -0.4 is 10.1 Å². The molecule has 18 heavy (non-hydrogen) atoms. The maximum atomic E-state index is 5.26. The van der Waals surface area contributed by atoms with E-state index in [-0.39, 0.29) is 0 Å². The Kier molecular flexibility index (Phi) is 6.72. The molecule has 3 heteroatoms. The summed E-state index contributed by atoms with van der Waals surface area (Å²) >= 11 is 3.54. The lowest BCUT2D eigenvalue weighted by molar-refractivity contribution is 0.370. The minimum atomic E-state index is 0.542. The van der Waals surface area contributed by atoms with Gasteiger partial charge in [0.1, 0.15) is 5.75 Å². The van der Waals surface area contributed by atoms with E-state index in [4.69, 9.17) is 4.74 Å².